The van der Waals surface area contributed by atoms with Gasteiger partial charge in [-0.1, -0.05) is 5.92 Å². The van der Waals surface area contributed by atoms with Crippen molar-refractivity contribution in [1.82, 2.24) is 10.2 Å². The summed E-state index contributed by atoms with van der Waals surface area (Å²) >= 11 is 0. The summed E-state index contributed by atoms with van der Waals surface area (Å²) < 4.78 is 0. The first-order valence-electron chi connectivity index (χ1n) is 5.65. The van der Waals surface area contributed by atoms with Gasteiger partial charge in [-0.05, 0) is 46.2 Å². The highest BCUT2D eigenvalue weighted by Crippen LogP contribution is 2.12. The van der Waals surface area contributed by atoms with Gasteiger partial charge >= 0.3 is 0 Å². The topological polar surface area (TPSA) is 15.3 Å². The highest BCUT2D eigenvalue weighted by Gasteiger charge is 2.17. The summed E-state index contributed by atoms with van der Waals surface area (Å²) in [6.45, 7) is 7.71. The lowest BCUT2D eigenvalue weighted by Gasteiger charge is -2.24. The number of nitrogens with one attached hydrogen (secondary N) is 1. The van der Waals surface area contributed by atoms with Crippen molar-refractivity contribution in [2.24, 2.45) is 0 Å². The maximum Gasteiger partial charge on any atom is 0.0575 e. The summed E-state index contributed by atoms with van der Waals surface area (Å²) in [5.74, 6) is 2.64. The van der Waals surface area contributed by atoms with Gasteiger partial charge in [0.15, 0.2) is 0 Å². The predicted molar refractivity (Wildman–Crippen MR) is 61.2 cm³/mol. The fraction of sp³-hybridized carbons (Fsp3) is 0.833. The van der Waals surface area contributed by atoms with Gasteiger partial charge in [-0.2, -0.15) is 0 Å². The number of nitrogens with zero attached hydrogens (tertiary/aromatic N) is 1. The minimum atomic E-state index is 0.634. The van der Waals surface area contributed by atoms with Crippen LogP contribution in [0.2, 0.25) is 0 Å². The van der Waals surface area contributed by atoms with Crippen molar-refractivity contribution in [3.8, 4) is 12.3 Å². The minimum Gasteiger partial charge on any atom is -0.303 e. The van der Waals surface area contributed by atoms with E-state index in [1.807, 2.05) is 0 Å². The normalized spacial score (nSPS) is 24.6. The molecule has 1 saturated heterocycles. The Morgan fingerprint density at radius 1 is 1.43 bits per heavy atom. The van der Waals surface area contributed by atoms with Gasteiger partial charge in [0.2, 0.25) is 0 Å². The third kappa shape index (κ3) is 3.69. The van der Waals surface area contributed by atoms with Gasteiger partial charge in [-0.15, -0.1) is 6.42 Å². The van der Waals surface area contributed by atoms with Gasteiger partial charge in [0.1, 0.15) is 0 Å². The molecule has 1 N–H and O–H groups in total. The molecule has 1 aliphatic rings. The van der Waals surface area contributed by atoms with Gasteiger partial charge < -0.3 is 10.2 Å². The largest absolute Gasteiger partial charge is 0.303 e. The molecule has 1 aliphatic heterocycles. The molecular weight excluding hydrogens is 172 g/mol. The van der Waals surface area contributed by atoms with Gasteiger partial charge in [0.25, 0.3) is 0 Å². The zero-order chi connectivity index (χ0) is 10.4. The van der Waals surface area contributed by atoms with E-state index in [1.165, 1.54) is 32.4 Å². The second-order valence-corrected chi connectivity index (χ2v) is 4.34. The van der Waals surface area contributed by atoms with E-state index in [-0.39, 0.29) is 0 Å². The summed E-state index contributed by atoms with van der Waals surface area (Å²) in [4.78, 5) is 2.55. The van der Waals surface area contributed by atoms with Crippen LogP contribution in [0.15, 0.2) is 0 Å². The molecule has 1 unspecified atom stereocenters. The lowest BCUT2D eigenvalue weighted by Crippen LogP contribution is -2.34. The zero-order valence-electron chi connectivity index (χ0n) is 9.42. The smallest absolute Gasteiger partial charge is 0.0575 e. The number of hydrogen-bond acceptors (Lipinski definition) is 2. The molecule has 1 atom stereocenters. The van der Waals surface area contributed by atoms with Crippen molar-refractivity contribution >= 4 is 0 Å². The number of rotatable bonds is 3. The number of hydrogen-bond donors (Lipinski definition) is 1. The van der Waals surface area contributed by atoms with Crippen molar-refractivity contribution in [2.45, 2.75) is 45.2 Å². The van der Waals surface area contributed by atoms with Crippen LogP contribution >= 0.6 is 0 Å². The van der Waals surface area contributed by atoms with Gasteiger partial charge in [0, 0.05) is 12.1 Å². The van der Waals surface area contributed by atoms with Crippen LogP contribution in [-0.2, 0) is 0 Å². The Morgan fingerprint density at radius 3 is 2.86 bits per heavy atom. The summed E-state index contributed by atoms with van der Waals surface area (Å²) in [5.41, 5.74) is 0. The molecular formula is C12H22N2. The van der Waals surface area contributed by atoms with Gasteiger partial charge in [0.05, 0.1) is 6.54 Å². The zero-order valence-corrected chi connectivity index (χ0v) is 9.42. The SMILES string of the molecule is C#CCNC1CCCN(C(C)C)CC1. The van der Waals surface area contributed by atoms with Crippen LogP contribution < -0.4 is 5.32 Å². The predicted octanol–water partition coefficient (Wildman–Crippen LogP) is 1.47. The molecule has 0 radical (unpaired) electrons. The first-order valence-corrected chi connectivity index (χ1v) is 5.65. The van der Waals surface area contributed by atoms with E-state index >= 15 is 0 Å². The maximum absolute atomic E-state index is 5.24. The van der Waals surface area contributed by atoms with Crippen LogP contribution in [-0.4, -0.2) is 36.6 Å². The second kappa shape index (κ2) is 6.06. The van der Waals surface area contributed by atoms with Crippen LogP contribution in [0.25, 0.3) is 0 Å². The first-order chi connectivity index (χ1) is 6.74. The molecule has 0 bridgehead atoms. The van der Waals surface area contributed by atoms with Gasteiger partial charge in [-0.25, -0.2) is 0 Å². The quantitative estimate of drug-likeness (QED) is 0.685. The Kier molecular flexibility index (Phi) is 5.00. The Bertz CT molecular complexity index is 193. The molecule has 1 fully saturated rings. The van der Waals surface area contributed by atoms with Crippen LogP contribution in [0.5, 0.6) is 0 Å². The standard InChI is InChI=1S/C12H22N2/c1-4-8-13-12-6-5-9-14(10-7-12)11(2)3/h1,11-13H,5-10H2,2-3H3. The Balaban J connectivity index is 2.30. The molecule has 0 spiro atoms. The summed E-state index contributed by atoms with van der Waals surface area (Å²) in [6, 6.07) is 1.32. The van der Waals surface area contributed by atoms with E-state index in [1.54, 1.807) is 0 Å². The third-order valence-electron chi connectivity index (χ3n) is 2.99. The molecule has 2 nitrogen and oxygen atoms in total. The van der Waals surface area contributed by atoms with E-state index < -0.39 is 0 Å². The molecule has 1 rings (SSSR count). The van der Waals surface area contributed by atoms with Crippen molar-refractivity contribution in [3.63, 3.8) is 0 Å². The summed E-state index contributed by atoms with van der Waals surface area (Å²) in [6.07, 6.45) is 9.03. The fourth-order valence-electron chi connectivity index (χ4n) is 2.04. The first kappa shape index (κ1) is 11.6. The number of terminal acetylenes is 1. The lowest BCUT2D eigenvalue weighted by molar-refractivity contribution is 0.229. The average molecular weight is 194 g/mol. The lowest BCUT2D eigenvalue weighted by atomic mass is 10.1. The van der Waals surface area contributed by atoms with Crippen LogP contribution in [0, 0.1) is 12.3 Å². The Morgan fingerprint density at radius 2 is 2.21 bits per heavy atom. The third-order valence-corrected chi connectivity index (χ3v) is 2.99. The van der Waals surface area contributed by atoms with Crippen LogP contribution in [0.4, 0.5) is 0 Å². The molecule has 0 aromatic heterocycles. The van der Waals surface area contributed by atoms with E-state index in [9.17, 15) is 0 Å². The molecule has 0 aliphatic carbocycles. The molecule has 0 aromatic rings. The van der Waals surface area contributed by atoms with Crippen molar-refractivity contribution < 1.29 is 0 Å². The summed E-state index contributed by atoms with van der Waals surface area (Å²) in [7, 11) is 0. The van der Waals surface area contributed by atoms with E-state index in [4.69, 9.17) is 6.42 Å². The van der Waals surface area contributed by atoms with Crippen molar-refractivity contribution in [3.05, 3.63) is 0 Å². The van der Waals surface area contributed by atoms with Gasteiger partial charge in [-0.3, -0.25) is 0 Å². The Labute approximate surface area is 88.1 Å². The molecule has 0 saturated carbocycles. The van der Waals surface area contributed by atoms with E-state index in [0.717, 1.165) is 0 Å². The highest BCUT2D eigenvalue weighted by molar-refractivity contribution is 4.89. The van der Waals surface area contributed by atoms with E-state index in [0.29, 0.717) is 18.6 Å². The molecule has 2 heteroatoms. The monoisotopic (exact) mass is 194 g/mol. The molecule has 80 valence electrons. The molecule has 0 amide bonds. The molecule has 1 heterocycles. The van der Waals surface area contributed by atoms with Crippen molar-refractivity contribution in [2.75, 3.05) is 19.6 Å². The van der Waals surface area contributed by atoms with E-state index in [2.05, 4.69) is 30.0 Å². The minimum absolute atomic E-state index is 0.634. The van der Waals surface area contributed by atoms with Crippen LogP contribution in [0.3, 0.4) is 0 Å². The van der Waals surface area contributed by atoms with Crippen LogP contribution in [0.1, 0.15) is 33.1 Å². The average Bonchev–Trinajstić information content (AvgIpc) is 2.39. The molecule has 14 heavy (non-hydrogen) atoms. The highest BCUT2D eigenvalue weighted by atomic mass is 15.1. The Hall–Kier alpha value is -0.520. The second-order valence-electron chi connectivity index (χ2n) is 4.34. The number of likely N-dealkylation sites (tertiary alicyclic amines) is 1. The summed E-state index contributed by atoms with van der Waals surface area (Å²) in [5, 5.41) is 3.41. The molecule has 0 aromatic carbocycles. The maximum atomic E-state index is 5.24. The fourth-order valence-corrected chi connectivity index (χ4v) is 2.04. The van der Waals surface area contributed by atoms with Crippen molar-refractivity contribution in [1.29, 1.82) is 0 Å².